The highest BCUT2D eigenvalue weighted by Gasteiger charge is 2.23. The van der Waals surface area contributed by atoms with Crippen molar-refractivity contribution in [2.24, 2.45) is 0 Å². The Hall–Kier alpha value is -2.96. The summed E-state index contributed by atoms with van der Waals surface area (Å²) >= 11 is 0. The van der Waals surface area contributed by atoms with Crippen molar-refractivity contribution in [2.45, 2.75) is 71.0 Å². The smallest absolute Gasteiger partial charge is 0.255 e. The van der Waals surface area contributed by atoms with Crippen LogP contribution in [0.15, 0.2) is 36.7 Å². The molecule has 0 bridgehead atoms. The highest BCUT2D eigenvalue weighted by atomic mass is 19.1. The van der Waals surface area contributed by atoms with Crippen LogP contribution in [0.5, 0.6) is 0 Å². The Bertz CT molecular complexity index is 1040. The minimum absolute atomic E-state index is 0.187. The number of amides is 1. The Morgan fingerprint density at radius 1 is 1.16 bits per heavy atom. The van der Waals surface area contributed by atoms with Crippen molar-refractivity contribution in [3.05, 3.63) is 53.6 Å². The van der Waals surface area contributed by atoms with Crippen molar-refractivity contribution in [1.29, 1.82) is 0 Å². The zero-order valence-electron chi connectivity index (χ0n) is 18.2. The van der Waals surface area contributed by atoms with Crippen molar-refractivity contribution in [1.82, 2.24) is 20.1 Å². The Balaban J connectivity index is 1.66. The van der Waals surface area contributed by atoms with Gasteiger partial charge in [-0.25, -0.2) is 14.1 Å². The minimum atomic E-state index is -0.286. The van der Waals surface area contributed by atoms with Crippen molar-refractivity contribution in [3.8, 4) is 0 Å². The van der Waals surface area contributed by atoms with Crippen LogP contribution in [0.3, 0.4) is 0 Å². The number of halogens is 1. The molecule has 2 aromatic heterocycles. The van der Waals surface area contributed by atoms with Crippen LogP contribution in [0.4, 0.5) is 10.1 Å². The molecule has 1 aromatic carbocycles. The minimum Gasteiger partial charge on any atom is -0.381 e. The molecule has 1 aliphatic carbocycles. The quantitative estimate of drug-likeness (QED) is 0.547. The lowest BCUT2D eigenvalue weighted by Crippen LogP contribution is -2.30. The molecule has 1 amide bonds. The van der Waals surface area contributed by atoms with Crippen LogP contribution in [0.2, 0.25) is 0 Å². The first-order valence-corrected chi connectivity index (χ1v) is 11.3. The van der Waals surface area contributed by atoms with E-state index in [0.717, 1.165) is 35.1 Å². The second kappa shape index (κ2) is 9.45. The number of anilines is 1. The van der Waals surface area contributed by atoms with Gasteiger partial charge in [-0.2, -0.15) is 5.10 Å². The van der Waals surface area contributed by atoms with Crippen LogP contribution < -0.4 is 10.6 Å². The molecular weight excluding hydrogens is 393 g/mol. The summed E-state index contributed by atoms with van der Waals surface area (Å²) in [7, 11) is 0. The van der Waals surface area contributed by atoms with Crippen LogP contribution in [-0.4, -0.2) is 26.7 Å². The van der Waals surface area contributed by atoms with E-state index < -0.39 is 0 Å². The van der Waals surface area contributed by atoms with E-state index in [1.54, 1.807) is 24.5 Å². The molecule has 1 aliphatic rings. The van der Waals surface area contributed by atoms with Gasteiger partial charge in [-0.15, -0.1) is 0 Å². The lowest BCUT2D eigenvalue weighted by Gasteiger charge is -2.26. The monoisotopic (exact) mass is 423 g/mol. The average molecular weight is 424 g/mol. The summed E-state index contributed by atoms with van der Waals surface area (Å²) in [5.41, 5.74) is 2.99. The molecule has 1 fully saturated rings. The number of rotatable bonds is 7. The molecule has 6 nitrogen and oxygen atoms in total. The summed E-state index contributed by atoms with van der Waals surface area (Å²) in [6, 6.07) is 6.43. The zero-order valence-corrected chi connectivity index (χ0v) is 18.2. The Morgan fingerprint density at radius 2 is 1.90 bits per heavy atom. The summed E-state index contributed by atoms with van der Waals surface area (Å²) < 4.78 is 15.2. The largest absolute Gasteiger partial charge is 0.381 e. The maximum Gasteiger partial charge on any atom is 0.255 e. The summed E-state index contributed by atoms with van der Waals surface area (Å²) in [6.45, 7) is 4.74. The molecule has 0 aliphatic heterocycles. The topological polar surface area (TPSA) is 71.8 Å². The highest BCUT2D eigenvalue weighted by molar-refractivity contribution is 6.06. The SMILES string of the molecule is CCC(NC(=O)c1cnc2c(cnn2CC)c1NC1CCCCC1)c1ccc(F)cc1. The number of carbonyl (C=O) groups is 1. The van der Waals surface area contributed by atoms with Gasteiger partial charge in [0.05, 0.1) is 28.9 Å². The number of hydrogen-bond donors (Lipinski definition) is 2. The second-order valence-corrected chi connectivity index (χ2v) is 8.21. The van der Waals surface area contributed by atoms with Crippen molar-refractivity contribution < 1.29 is 9.18 Å². The third-order valence-corrected chi connectivity index (χ3v) is 6.15. The first-order valence-electron chi connectivity index (χ1n) is 11.3. The number of pyridine rings is 1. The molecule has 2 N–H and O–H groups in total. The van der Waals surface area contributed by atoms with E-state index >= 15 is 0 Å². The Morgan fingerprint density at radius 3 is 2.58 bits per heavy atom. The number of fused-ring (bicyclic) bond motifs is 1. The number of aromatic nitrogens is 3. The fraction of sp³-hybridized carbons (Fsp3) is 0.458. The second-order valence-electron chi connectivity index (χ2n) is 8.21. The number of nitrogens with zero attached hydrogens (tertiary/aromatic N) is 3. The van der Waals surface area contributed by atoms with E-state index in [0.29, 0.717) is 24.6 Å². The van der Waals surface area contributed by atoms with E-state index in [1.165, 1.54) is 31.4 Å². The normalized spacial score (nSPS) is 15.7. The summed E-state index contributed by atoms with van der Waals surface area (Å²) in [5.74, 6) is -0.473. The summed E-state index contributed by atoms with van der Waals surface area (Å²) in [4.78, 5) is 17.9. The highest BCUT2D eigenvalue weighted by Crippen LogP contribution is 2.30. The molecule has 164 valence electrons. The van der Waals surface area contributed by atoms with Crippen LogP contribution in [0.1, 0.15) is 74.3 Å². The Labute approximate surface area is 182 Å². The number of benzene rings is 1. The van der Waals surface area contributed by atoms with Crippen molar-refractivity contribution in [2.75, 3.05) is 5.32 Å². The van der Waals surface area contributed by atoms with Gasteiger partial charge in [-0.05, 0) is 43.9 Å². The lowest BCUT2D eigenvalue weighted by molar-refractivity contribution is 0.0936. The maximum atomic E-state index is 13.3. The number of aryl methyl sites for hydroxylation is 1. The molecule has 1 unspecified atom stereocenters. The molecule has 31 heavy (non-hydrogen) atoms. The molecule has 0 saturated heterocycles. The van der Waals surface area contributed by atoms with E-state index in [9.17, 15) is 9.18 Å². The van der Waals surface area contributed by atoms with Crippen molar-refractivity contribution >= 4 is 22.6 Å². The fourth-order valence-electron chi connectivity index (χ4n) is 4.39. The van der Waals surface area contributed by atoms with Gasteiger partial charge in [0.15, 0.2) is 5.65 Å². The maximum absolute atomic E-state index is 13.3. The van der Waals surface area contributed by atoms with Gasteiger partial charge in [0, 0.05) is 18.8 Å². The molecule has 2 heterocycles. The molecule has 7 heteroatoms. The van der Waals surface area contributed by atoms with Gasteiger partial charge in [-0.1, -0.05) is 38.3 Å². The standard InChI is InChI=1S/C24H30FN5O/c1-3-21(16-10-12-17(25)13-11-16)29-24(31)20-14-26-23-19(15-27-30(23)4-2)22(20)28-18-8-6-5-7-9-18/h10-15,18,21H,3-9H2,1-2H3,(H,26,28)(H,29,31). The van der Waals surface area contributed by atoms with Crippen LogP contribution in [0, 0.1) is 5.82 Å². The fourth-order valence-corrected chi connectivity index (χ4v) is 4.39. The molecule has 0 spiro atoms. The van der Waals surface area contributed by atoms with Gasteiger partial charge in [0.2, 0.25) is 0 Å². The zero-order chi connectivity index (χ0) is 21.8. The average Bonchev–Trinajstić information content (AvgIpc) is 3.22. The number of nitrogens with one attached hydrogen (secondary N) is 2. The Kier molecular flexibility index (Phi) is 6.49. The number of hydrogen-bond acceptors (Lipinski definition) is 4. The number of carbonyl (C=O) groups excluding carboxylic acids is 1. The molecule has 0 radical (unpaired) electrons. The van der Waals surface area contributed by atoms with E-state index in [4.69, 9.17) is 0 Å². The van der Waals surface area contributed by atoms with E-state index in [2.05, 4.69) is 20.7 Å². The molecular formula is C24H30FN5O. The van der Waals surface area contributed by atoms with Crippen LogP contribution >= 0.6 is 0 Å². The van der Waals surface area contributed by atoms with Gasteiger partial charge >= 0.3 is 0 Å². The third-order valence-electron chi connectivity index (χ3n) is 6.15. The summed E-state index contributed by atoms with van der Waals surface area (Å²) in [5, 5.41) is 12.1. The van der Waals surface area contributed by atoms with Crippen LogP contribution in [-0.2, 0) is 6.54 Å². The van der Waals surface area contributed by atoms with Gasteiger partial charge in [0.25, 0.3) is 5.91 Å². The van der Waals surface area contributed by atoms with Gasteiger partial charge in [0.1, 0.15) is 5.82 Å². The third kappa shape index (κ3) is 4.55. The molecule has 4 rings (SSSR count). The summed E-state index contributed by atoms with van der Waals surface area (Å²) in [6.07, 6.45) is 10.0. The van der Waals surface area contributed by atoms with Gasteiger partial charge in [-0.3, -0.25) is 4.79 Å². The first kappa shape index (κ1) is 21.3. The van der Waals surface area contributed by atoms with Crippen molar-refractivity contribution in [3.63, 3.8) is 0 Å². The van der Waals surface area contributed by atoms with E-state index in [1.807, 2.05) is 18.5 Å². The van der Waals surface area contributed by atoms with Crippen LogP contribution in [0.25, 0.3) is 11.0 Å². The molecule has 3 aromatic rings. The predicted molar refractivity (Wildman–Crippen MR) is 121 cm³/mol. The van der Waals surface area contributed by atoms with E-state index in [-0.39, 0.29) is 17.8 Å². The first-order chi connectivity index (χ1) is 15.1. The lowest BCUT2D eigenvalue weighted by atomic mass is 9.95. The van der Waals surface area contributed by atoms with Gasteiger partial charge < -0.3 is 10.6 Å². The molecule has 1 atom stereocenters. The molecule has 1 saturated carbocycles. The predicted octanol–water partition coefficient (Wildman–Crippen LogP) is 5.22.